The van der Waals surface area contributed by atoms with Crippen molar-refractivity contribution in [1.82, 2.24) is 9.55 Å². The second-order valence-corrected chi connectivity index (χ2v) is 4.77. The van der Waals surface area contributed by atoms with E-state index in [1.165, 1.54) is 24.3 Å². The van der Waals surface area contributed by atoms with Crippen molar-refractivity contribution in [2.45, 2.75) is 6.54 Å². The minimum absolute atomic E-state index is 0.0682. The molecule has 0 aliphatic heterocycles. The highest BCUT2D eigenvalue weighted by Crippen LogP contribution is 2.13. The Kier molecular flexibility index (Phi) is 3.57. The van der Waals surface area contributed by atoms with Gasteiger partial charge in [-0.25, -0.2) is 4.98 Å². The molecule has 0 atom stereocenters. The molecule has 0 radical (unpaired) electrons. The van der Waals surface area contributed by atoms with Crippen molar-refractivity contribution in [2.24, 2.45) is 0 Å². The van der Waals surface area contributed by atoms with E-state index in [0.29, 0.717) is 5.69 Å². The molecular formula is C16H12N3O3-. The molecule has 0 fully saturated rings. The molecule has 6 nitrogen and oxygen atoms in total. The van der Waals surface area contributed by atoms with Crippen LogP contribution in [0.3, 0.4) is 0 Å². The standard InChI is InChI=1S/C16H13N3O3/c20-15(18-12-7-5-11(6-8-12)16(21)22)9-19-10-17-13-3-1-2-4-14(13)19/h1-8,10H,9H2,(H,18,20)(H,21,22)/p-1. The van der Waals surface area contributed by atoms with E-state index in [1.807, 2.05) is 24.3 Å². The van der Waals surface area contributed by atoms with E-state index in [2.05, 4.69) is 10.3 Å². The second kappa shape index (κ2) is 5.69. The topological polar surface area (TPSA) is 87.0 Å². The number of fused-ring (bicyclic) bond motifs is 1. The predicted octanol–water partition coefficient (Wildman–Crippen LogP) is 1.04. The van der Waals surface area contributed by atoms with Crippen LogP contribution in [0.25, 0.3) is 11.0 Å². The maximum Gasteiger partial charge on any atom is 0.244 e. The van der Waals surface area contributed by atoms with Crippen LogP contribution in [0.5, 0.6) is 0 Å². The Labute approximate surface area is 126 Å². The molecular weight excluding hydrogens is 282 g/mol. The van der Waals surface area contributed by atoms with Gasteiger partial charge in [0.25, 0.3) is 0 Å². The number of para-hydroxylation sites is 2. The SMILES string of the molecule is O=C(Cn1cnc2ccccc21)Nc1ccc(C(=O)[O-])cc1. The fourth-order valence-electron chi connectivity index (χ4n) is 2.18. The fraction of sp³-hybridized carbons (Fsp3) is 0.0625. The van der Waals surface area contributed by atoms with Crippen molar-refractivity contribution < 1.29 is 14.7 Å². The molecule has 6 heteroatoms. The fourth-order valence-corrected chi connectivity index (χ4v) is 2.18. The number of hydrogen-bond donors (Lipinski definition) is 1. The van der Waals surface area contributed by atoms with Gasteiger partial charge in [0, 0.05) is 5.69 Å². The van der Waals surface area contributed by atoms with Crippen LogP contribution in [-0.2, 0) is 11.3 Å². The van der Waals surface area contributed by atoms with Crippen molar-refractivity contribution >= 4 is 28.6 Å². The second-order valence-electron chi connectivity index (χ2n) is 4.77. The van der Waals surface area contributed by atoms with Gasteiger partial charge in [0.05, 0.1) is 23.3 Å². The summed E-state index contributed by atoms with van der Waals surface area (Å²) in [5, 5.41) is 13.4. The van der Waals surface area contributed by atoms with Crippen LogP contribution in [0, 0.1) is 0 Å². The molecule has 110 valence electrons. The van der Waals surface area contributed by atoms with Crippen LogP contribution in [-0.4, -0.2) is 21.4 Å². The number of carbonyl (C=O) groups is 2. The number of carbonyl (C=O) groups excluding carboxylic acids is 2. The summed E-state index contributed by atoms with van der Waals surface area (Å²) in [4.78, 5) is 26.9. The Balaban J connectivity index is 1.71. The molecule has 1 amide bonds. The highest BCUT2D eigenvalue weighted by molar-refractivity contribution is 5.92. The minimum Gasteiger partial charge on any atom is -0.545 e. The maximum absolute atomic E-state index is 12.1. The average molecular weight is 294 g/mol. The van der Waals surface area contributed by atoms with Crippen LogP contribution in [0.2, 0.25) is 0 Å². The third kappa shape index (κ3) is 2.80. The molecule has 0 aliphatic carbocycles. The number of aromatic nitrogens is 2. The van der Waals surface area contributed by atoms with Gasteiger partial charge in [0.15, 0.2) is 0 Å². The van der Waals surface area contributed by atoms with Crippen molar-refractivity contribution in [1.29, 1.82) is 0 Å². The van der Waals surface area contributed by atoms with Gasteiger partial charge in [0.2, 0.25) is 5.91 Å². The third-order valence-corrected chi connectivity index (χ3v) is 3.25. The zero-order valence-electron chi connectivity index (χ0n) is 11.5. The van der Waals surface area contributed by atoms with Gasteiger partial charge >= 0.3 is 0 Å². The molecule has 3 rings (SSSR count). The monoisotopic (exact) mass is 294 g/mol. The zero-order chi connectivity index (χ0) is 15.5. The lowest BCUT2D eigenvalue weighted by Gasteiger charge is -2.08. The van der Waals surface area contributed by atoms with Gasteiger partial charge in [-0.2, -0.15) is 0 Å². The molecule has 0 spiro atoms. The Bertz CT molecular complexity index is 837. The van der Waals surface area contributed by atoms with E-state index in [9.17, 15) is 14.7 Å². The van der Waals surface area contributed by atoms with E-state index in [1.54, 1.807) is 10.9 Å². The molecule has 0 saturated carbocycles. The Morgan fingerprint density at radius 3 is 2.55 bits per heavy atom. The number of anilines is 1. The minimum atomic E-state index is -1.25. The highest BCUT2D eigenvalue weighted by atomic mass is 16.4. The molecule has 1 aromatic heterocycles. The quantitative estimate of drug-likeness (QED) is 0.778. The number of amides is 1. The van der Waals surface area contributed by atoms with Gasteiger partial charge in [-0.15, -0.1) is 0 Å². The number of benzene rings is 2. The molecule has 1 N–H and O–H groups in total. The maximum atomic E-state index is 12.1. The summed E-state index contributed by atoms with van der Waals surface area (Å²) in [6.45, 7) is 0.128. The summed E-state index contributed by atoms with van der Waals surface area (Å²) in [7, 11) is 0. The highest BCUT2D eigenvalue weighted by Gasteiger charge is 2.07. The summed E-state index contributed by atoms with van der Waals surface area (Å²) in [5.41, 5.74) is 2.30. The van der Waals surface area contributed by atoms with Gasteiger partial charge < -0.3 is 19.8 Å². The molecule has 0 unspecified atom stereocenters. The summed E-state index contributed by atoms with van der Waals surface area (Å²) in [5.74, 6) is -1.47. The van der Waals surface area contributed by atoms with Crippen LogP contribution in [0.1, 0.15) is 10.4 Å². The Morgan fingerprint density at radius 1 is 1.09 bits per heavy atom. The number of nitrogens with one attached hydrogen (secondary N) is 1. The number of nitrogens with zero attached hydrogens (tertiary/aromatic N) is 2. The lowest BCUT2D eigenvalue weighted by Crippen LogP contribution is -2.22. The summed E-state index contributed by atoms with van der Waals surface area (Å²) in [6.07, 6.45) is 1.61. The van der Waals surface area contributed by atoms with Gasteiger partial charge in [-0.05, 0) is 29.8 Å². The van der Waals surface area contributed by atoms with Crippen molar-refractivity contribution in [2.75, 3.05) is 5.32 Å². The number of hydrogen-bond acceptors (Lipinski definition) is 4. The first-order valence-electron chi connectivity index (χ1n) is 6.64. The van der Waals surface area contributed by atoms with E-state index in [-0.39, 0.29) is 18.0 Å². The van der Waals surface area contributed by atoms with Crippen molar-refractivity contribution in [3.05, 3.63) is 60.4 Å². The molecule has 1 heterocycles. The first kappa shape index (κ1) is 13.8. The van der Waals surface area contributed by atoms with Crippen LogP contribution < -0.4 is 10.4 Å². The summed E-state index contributed by atoms with van der Waals surface area (Å²) < 4.78 is 1.75. The van der Waals surface area contributed by atoms with Gasteiger partial charge in [-0.3, -0.25) is 4.79 Å². The van der Waals surface area contributed by atoms with E-state index in [0.717, 1.165) is 11.0 Å². The first-order chi connectivity index (χ1) is 10.6. The molecule has 2 aromatic carbocycles. The molecule has 0 bridgehead atoms. The Hall–Kier alpha value is -3.15. The smallest absolute Gasteiger partial charge is 0.244 e. The molecule has 3 aromatic rings. The van der Waals surface area contributed by atoms with Crippen LogP contribution in [0.4, 0.5) is 5.69 Å². The largest absolute Gasteiger partial charge is 0.545 e. The number of imidazole rings is 1. The average Bonchev–Trinajstić information content (AvgIpc) is 2.91. The number of aromatic carboxylic acids is 1. The normalized spacial score (nSPS) is 10.5. The van der Waals surface area contributed by atoms with Gasteiger partial charge in [-0.1, -0.05) is 24.3 Å². The number of rotatable bonds is 4. The van der Waals surface area contributed by atoms with Crippen LogP contribution in [0.15, 0.2) is 54.9 Å². The Morgan fingerprint density at radius 2 is 1.82 bits per heavy atom. The lowest BCUT2D eigenvalue weighted by atomic mass is 10.2. The van der Waals surface area contributed by atoms with Gasteiger partial charge in [0.1, 0.15) is 6.54 Å². The number of carboxylic acids is 1. The predicted molar refractivity (Wildman–Crippen MR) is 79.1 cm³/mol. The first-order valence-corrected chi connectivity index (χ1v) is 6.64. The molecule has 0 aliphatic rings. The summed E-state index contributed by atoms with van der Waals surface area (Å²) in [6, 6.07) is 13.4. The lowest BCUT2D eigenvalue weighted by molar-refractivity contribution is -0.255. The van der Waals surface area contributed by atoms with Crippen molar-refractivity contribution in [3.63, 3.8) is 0 Å². The van der Waals surface area contributed by atoms with Crippen molar-refractivity contribution in [3.8, 4) is 0 Å². The van der Waals surface area contributed by atoms with E-state index < -0.39 is 5.97 Å². The molecule has 0 saturated heterocycles. The van der Waals surface area contributed by atoms with E-state index in [4.69, 9.17) is 0 Å². The van der Waals surface area contributed by atoms with E-state index >= 15 is 0 Å². The molecule has 22 heavy (non-hydrogen) atoms. The summed E-state index contributed by atoms with van der Waals surface area (Å²) >= 11 is 0. The van der Waals surface area contributed by atoms with Crippen LogP contribution >= 0.6 is 0 Å². The third-order valence-electron chi connectivity index (χ3n) is 3.25. The number of carboxylic acid groups (broad SMARTS) is 1. The zero-order valence-corrected chi connectivity index (χ0v) is 11.5.